The molecule has 2 atom stereocenters. The first-order chi connectivity index (χ1) is 5.23. The molecule has 62 valence electrons. The van der Waals surface area contributed by atoms with Gasteiger partial charge in [-0.2, -0.15) is 0 Å². The van der Waals surface area contributed by atoms with E-state index in [2.05, 4.69) is 10.6 Å². The molecule has 0 aliphatic carbocycles. The van der Waals surface area contributed by atoms with Crippen LogP contribution in [0.5, 0.6) is 0 Å². The minimum atomic E-state index is -1.06. The first kappa shape index (κ1) is 7.06. The Hall–Kier alpha value is -0.610. The molecular weight excluding hydrogens is 144 g/mol. The maximum absolute atomic E-state index is 11.1. The van der Waals surface area contributed by atoms with Gasteiger partial charge in [0.2, 0.25) is 0 Å². The summed E-state index contributed by atoms with van der Waals surface area (Å²) in [6.07, 6.45) is 0.545. The van der Waals surface area contributed by atoms with E-state index in [1.807, 2.05) is 0 Å². The molecular formula is C7H12N2O2. The first-order valence-corrected chi connectivity index (χ1v) is 3.95. The van der Waals surface area contributed by atoms with E-state index >= 15 is 0 Å². The molecule has 0 spiro atoms. The minimum Gasteiger partial charge on any atom is -0.380 e. The van der Waals surface area contributed by atoms with Crippen LogP contribution in [0, 0.1) is 5.92 Å². The zero-order valence-electron chi connectivity index (χ0n) is 6.26. The van der Waals surface area contributed by atoms with E-state index in [1.54, 1.807) is 0 Å². The summed E-state index contributed by atoms with van der Waals surface area (Å²) in [6, 6.07) is 0. The lowest BCUT2D eigenvalue weighted by Gasteiger charge is -2.31. The molecule has 2 fully saturated rings. The maximum atomic E-state index is 11.1. The van der Waals surface area contributed by atoms with Crippen LogP contribution in [-0.2, 0) is 4.79 Å². The minimum absolute atomic E-state index is 0.0729. The van der Waals surface area contributed by atoms with E-state index < -0.39 is 5.60 Å². The Labute approximate surface area is 65.0 Å². The topological polar surface area (TPSA) is 61.4 Å². The van der Waals surface area contributed by atoms with E-state index in [1.165, 1.54) is 0 Å². The molecule has 2 aliphatic rings. The molecule has 2 heterocycles. The van der Waals surface area contributed by atoms with Crippen LogP contribution in [0.4, 0.5) is 0 Å². The molecule has 0 radical (unpaired) electrons. The lowest BCUT2D eigenvalue weighted by Crippen LogP contribution is -2.51. The molecule has 4 heteroatoms. The second kappa shape index (κ2) is 2.19. The largest absolute Gasteiger partial charge is 0.380 e. The molecule has 0 aromatic heterocycles. The van der Waals surface area contributed by atoms with Crippen molar-refractivity contribution < 1.29 is 9.90 Å². The number of rotatable bonds is 0. The molecule has 0 aromatic carbocycles. The van der Waals surface area contributed by atoms with Crippen LogP contribution in [0.25, 0.3) is 0 Å². The van der Waals surface area contributed by atoms with Crippen LogP contribution in [0.2, 0.25) is 0 Å². The molecule has 0 bridgehead atoms. The van der Waals surface area contributed by atoms with Crippen LogP contribution in [0.1, 0.15) is 6.42 Å². The summed E-state index contributed by atoms with van der Waals surface area (Å²) in [4.78, 5) is 11.1. The summed E-state index contributed by atoms with van der Waals surface area (Å²) >= 11 is 0. The number of aliphatic hydroxyl groups is 1. The van der Waals surface area contributed by atoms with Gasteiger partial charge in [0.15, 0.2) is 0 Å². The van der Waals surface area contributed by atoms with E-state index in [0.717, 1.165) is 13.1 Å². The van der Waals surface area contributed by atoms with Gasteiger partial charge in [-0.05, 0) is 13.0 Å². The Bertz CT molecular complexity index is 195. The normalized spacial score (nSPS) is 43.4. The highest BCUT2D eigenvalue weighted by molar-refractivity contribution is 5.87. The summed E-state index contributed by atoms with van der Waals surface area (Å²) in [5.74, 6) is -0.118. The smallest absolute Gasteiger partial charge is 0.252 e. The van der Waals surface area contributed by atoms with E-state index in [4.69, 9.17) is 0 Å². The fourth-order valence-electron chi connectivity index (χ4n) is 1.84. The average molecular weight is 156 g/mol. The Morgan fingerprint density at radius 2 is 2.36 bits per heavy atom. The molecule has 4 nitrogen and oxygen atoms in total. The van der Waals surface area contributed by atoms with Crippen LogP contribution in [0.15, 0.2) is 0 Å². The monoisotopic (exact) mass is 156 g/mol. The van der Waals surface area contributed by atoms with Gasteiger partial charge in [0, 0.05) is 19.0 Å². The van der Waals surface area contributed by atoms with Crippen molar-refractivity contribution in [1.82, 2.24) is 10.6 Å². The molecule has 3 N–H and O–H groups in total. The van der Waals surface area contributed by atoms with Crippen molar-refractivity contribution in [3.8, 4) is 0 Å². The summed E-state index contributed by atoms with van der Waals surface area (Å²) in [7, 11) is 0. The quantitative estimate of drug-likeness (QED) is 0.398. The third-order valence-corrected chi connectivity index (χ3v) is 2.65. The molecule has 0 aromatic rings. The second-order valence-electron chi connectivity index (χ2n) is 3.29. The standard InChI is InChI=1S/C7H12N2O2/c10-6-7(11)1-2-8-3-5(7)4-9-6/h5,8,11H,1-4H2,(H,9,10). The Kier molecular flexibility index (Phi) is 1.40. The van der Waals surface area contributed by atoms with Crippen LogP contribution in [0.3, 0.4) is 0 Å². The lowest BCUT2D eigenvalue weighted by atomic mass is 9.84. The highest BCUT2D eigenvalue weighted by Gasteiger charge is 2.49. The maximum Gasteiger partial charge on any atom is 0.252 e. The fraction of sp³-hybridized carbons (Fsp3) is 0.857. The predicted octanol–water partition coefficient (Wildman–Crippen LogP) is -1.54. The summed E-state index contributed by atoms with van der Waals surface area (Å²) < 4.78 is 0. The van der Waals surface area contributed by atoms with Crippen molar-refractivity contribution in [3.05, 3.63) is 0 Å². The summed E-state index contributed by atoms with van der Waals surface area (Å²) in [5, 5.41) is 15.7. The molecule has 1 amide bonds. The zero-order valence-corrected chi connectivity index (χ0v) is 6.26. The highest BCUT2D eigenvalue weighted by atomic mass is 16.3. The Morgan fingerprint density at radius 1 is 1.55 bits per heavy atom. The number of fused-ring (bicyclic) bond motifs is 1. The predicted molar refractivity (Wildman–Crippen MR) is 38.9 cm³/mol. The summed E-state index contributed by atoms with van der Waals surface area (Å²) in [6.45, 7) is 2.10. The highest BCUT2D eigenvalue weighted by Crippen LogP contribution is 2.28. The van der Waals surface area contributed by atoms with E-state index in [9.17, 15) is 9.90 Å². The number of piperidine rings is 1. The van der Waals surface area contributed by atoms with Crippen molar-refractivity contribution in [3.63, 3.8) is 0 Å². The Morgan fingerprint density at radius 3 is 3.09 bits per heavy atom. The van der Waals surface area contributed by atoms with Crippen molar-refractivity contribution in [1.29, 1.82) is 0 Å². The number of hydrogen-bond acceptors (Lipinski definition) is 3. The van der Waals surface area contributed by atoms with Gasteiger partial charge in [-0.3, -0.25) is 4.79 Å². The number of amides is 1. The van der Waals surface area contributed by atoms with Gasteiger partial charge >= 0.3 is 0 Å². The molecule has 0 saturated carbocycles. The van der Waals surface area contributed by atoms with Crippen molar-refractivity contribution in [2.75, 3.05) is 19.6 Å². The second-order valence-corrected chi connectivity index (χ2v) is 3.29. The number of hydrogen-bond donors (Lipinski definition) is 3. The van der Waals surface area contributed by atoms with Crippen molar-refractivity contribution >= 4 is 5.91 Å². The number of nitrogens with one attached hydrogen (secondary N) is 2. The van der Waals surface area contributed by atoms with Gasteiger partial charge in [0.05, 0.1) is 0 Å². The lowest BCUT2D eigenvalue weighted by molar-refractivity contribution is -0.140. The van der Waals surface area contributed by atoms with E-state index in [-0.39, 0.29) is 11.8 Å². The van der Waals surface area contributed by atoms with Gasteiger partial charge in [0.25, 0.3) is 5.91 Å². The summed E-state index contributed by atoms with van der Waals surface area (Å²) in [5.41, 5.74) is -1.06. The average Bonchev–Trinajstić information content (AvgIpc) is 2.29. The SMILES string of the molecule is O=C1NCC2CNCCC12O. The molecule has 2 unspecified atom stereocenters. The number of carbonyl (C=O) groups is 1. The molecule has 11 heavy (non-hydrogen) atoms. The fourth-order valence-corrected chi connectivity index (χ4v) is 1.84. The molecule has 2 saturated heterocycles. The first-order valence-electron chi connectivity index (χ1n) is 3.95. The van der Waals surface area contributed by atoms with Crippen LogP contribution < -0.4 is 10.6 Å². The van der Waals surface area contributed by atoms with Crippen LogP contribution >= 0.6 is 0 Å². The molecule has 2 rings (SSSR count). The van der Waals surface area contributed by atoms with Gasteiger partial charge < -0.3 is 15.7 Å². The van der Waals surface area contributed by atoms with Gasteiger partial charge in [-0.1, -0.05) is 0 Å². The third kappa shape index (κ3) is 0.862. The van der Waals surface area contributed by atoms with Gasteiger partial charge in [-0.15, -0.1) is 0 Å². The number of carbonyl (C=O) groups excluding carboxylic acids is 1. The van der Waals surface area contributed by atoms with E-state index in [0.29, 0.717) is 13.0 Å². The Balaban J connectivity index is 2.23. The molecule has 2 aliphatic heterocycles. The van der Waals surface area contributed by atoms with Crippen molar-refractivity contribution in [2.45, 2.75) is 12.0 Å². The third-order valence-electron chi connectivity index (χ3n) is 2.65. The zero-order chi connectivity index (χ0) is 7.90. The van der Waals surface area contributed by atoms with Gasteiger partial charge in [-0.25, -0.2) is 0 Å². The van der Waals surface area contributed by atoms with Crippen molar-refractivity contribution in [2.24, 2.45) is 5.92 Å². The van der Waals surface area contributed by atoms with Crippen LogP contribution in [-0.4, -0.2) is 36.2 Å². The van der Waals surface area contributed by atoms with Gasteiger partial charge in [0.1, 0.15) is 5.60 Å².